The average molecular weight is 531 g/mol. The van der Waals surface area contributed by atoms with Crippen LogP contribution in [0, 0.1) is 0 Å². The van der Waals surface area contributed by atoms with E-state index in [9.17, 15) is 19.5 Å². The van der Waals surface area contributed by atoms with Gasteiger partial charge in [0, 0.05) is 19.2 Å². The van der Waals surface area contributed by atoms with E-state index < -0.39 is 18.1 Å². The van der Waals surface area contributed by atoms with Crippen LogP contribution in [0.5, 0.6) is 0 Å². The number of hydrogen-bond acceptors (Lipinski definition) is 5. The zero-order valence-corrected chi connectivity index (χ0v) is 22.4. The molecule has 3 rings (SSSR count). The zero-order valence-electron chi connectivity index (χ0n) is 22.4. The molecule has 0 saturated heterocycles. The molecule has 206 valence electrons. The molecule has 2 aromatic carbocycles. The van der Waals surface area contributed by atoms with Crippen LogP contribution in [-0.4, -0.2) is 40.5 Å². The van der Waals surface area contributed by atoms with E-state index in [4.69, 9.17) is 0 Å². The van der Waals surface area contributed by atoms with Gasteiger partial charge in [-0.15, -0.1) is 0 Å². The molecule has 1 heterocycles. The second-order valence-electron chi connectivity index (χ2n) is 9.51. The number of carboxylic acids is 1. The van der Waals surface area contributed by atoms with Crippen molar-refractivity contribution in [1.29, 1.82) is 0 Å². The quantitative estimate of drug-likeness (QED) is 0.186. The van der Waals surface area contributed by atoms with Gasteiger partial charge in [-0.05, 0) is 48.1 Å². The summed E-state index contributed by atoms with van der Waals surface area (Å²) < 4.78 is 0. The van der Waals surface area contributed by atoms with E-state index in [-0.39, 0.29) is 18.2 Å². The Morgan fingerprint density at radius 1 is 0.846 bits per heavy atom. The number of rotatable bonds is 16. The number of unbranched alkanes of at least 4 members (excludes halogenated alkanes) is 2. The third-order valence-electron chi connectivity index (χ3n) is 6.42. The van der Waals surface area contributed by atoms with Crippen LogP contribution < -0.4 is 16.0 Å². The number of pyridine rings is 1. The monoisotopic (exact) mass is 530 g/mol. The fourth-order valence-corrected chi connectivity index (χ4v) is 4.28. The van der Waals surface area contributed by atoms with Gasteiger partial charge in [-0.25, -0.2) is 4.98 Å². The topological polar surface area (TPSA) is 120 Å². The number of benzene rings is 2. The Hall–Kier alpha value is -4.20. The maximum absolute atomic E-state index is 13.2. The number of aromatic nitrogens is 1. The summed E-state index contributed by atoms with van der Waals surface area (Å²) in [5.41, 5.74) is 2.76. The summed E-state index contributed by atoms with van der Waals surface area (Å²) in [6.07, 6.45) is 5.35. The Labute approximate surface area is 230 Å². The summed E-state index contributed by atoms with van der Waals surface area (Å²) >= 11 is 0. The van der Waals surface area contributed by atoms with Crippen molar-refractivity contribution in [3.63, 3.8) is 0 Å². The van der Waals surface area contributed by atoms with Gasteiger partial charge in [0.25, 0.3) is 0 Å². The molecule has 0 aliphatic carbocycles. The highest BCUT2D eigenvalue weighted by Crippen LogP contribution is 2.24. The van der Waals surface area contributed by atoms with Gasteiger partial charge in [-0.3, -0.25) is 14.4 Å². The summed E-state index contributed by atoms with van der Waals surface area (Å²) in [6, 6.07) is 21.6. The number of nitrogens with one attached hydrogen (secondary N) is 3. The summed E-state index contributed by atoms with van der Waals surface area (Å²) in [6.45, 7) is 2.72. The van der Waals surface area contributed by atoms with E-state index in [1.54, 1.807) is 6.20 Å². The lowest BCUT2D eigenvalue weighted by Gasteiger charge is -2.23. The van der Waals surface area contributed by atoms with Crippen LogP contribution in [0.1, 0.15) is 63.5 Å². The fourth-order valence-electron chi connectivity index (χ4n) is 4.28. The van der Waals surface area contributed by atoms with Crippen molar-refractivity contribution in [2.45, 2.75) is 64.0 Å². The molecule has 0 saturated carbocycles. The van der Waals surface area contributed by atoms with E-state index in [1.165, 1.54) is 0 Å². The van der Waals surface area contributed by atoms with Crippen LogP contribution >= 0.6 is 0 Å². The molecule has 0 aliphatic rings. The standard InChI is InChI=1S/C31H38N4O4/c1-2-3-13-26(34-29(36)15-8-10-21-33-28-14-7-9-20-32-28)31(39)35-27(22-30(37)38)25-18-16-24(17-19-25)23-11-5-4-6-12-23/h4-7,9,11-12,14,16-20,26-27H,2-3,8,10,13,15,21-22H2,1H3,(H,32,33)(H,34,36)(H,35,39)(H,37,38)/t26-,27?/m1/s1. The second kappa shape index (κ2) is 15.9. The molecule has 1 aromatic heterocycles. The third kappa shape index (κ3) is 10.2. The Morgan fingerprint density at radius 3 is 2.23 bits per heavy atom. The van der Waals surface area contributed by atoms with Crippen molar-refractivity contribution in [2.75, 3.05) is 11.9 Å². The molecule has 0 spiro atoms. The second-order valence-corrected chi connectivity index (χ2v) is 9.51. The maximum Gasteiger partial charge on any atom is 0.305 e. The Morgan fingerprint density at radius 2 is 1.56 bits per heavy atom. The minimum atomic E-state index is -1.01. The lowest BCUT2D eigenvalue weighted by molar-refractivity contribution is -0.138. The molecule has 0 fully saturated rings. The molecule has 3 aromatic rings. The molecular formula is C31H38N4O4. The van der Waals surface area contributed by atoms with Gasteiger partial charge >= 0.3 is 5.97 Å². The fraction of sp³-hybridized carbons (Fsp3) is 0.355. The molecule has 2 amide bonds. The molecule has 8 nitrogen and oxygen atoms in total. The van der Waals surface area contributed by atoms with Crippen molar-refractivity contribution in [1.82, 2.24) is 15.6 Å². The first kappa shape index (κ1) is 29.4. The predicted octanol–water partition coefficient (Wildman–Crippen LogP) is 5.34. The molecule has 8 heteroatoms. The number of aliphatic carboxylic acids is 1. The molecule has 4 N–H and O–H groups in total. The SMILES string of the molecule is CCCC[C@@H](NC(=O)CCCCNc1ccccn1)C(=O)NC(CC(=O)O)c1ccc(-c2ccccc2)cc1. The molecular weight excluding hydrogens is 492 g/mol. The first-order chi connectivity index (χ1) is 19.0. The van der Waals surface area contributed by atoms with Crippen LogP contribution in [0.25, 0.3) is 11.1 Å². The smallest absolute Gasteiger partial charge is 0.305 e. The van der Waals surface area contributed by atoms with Crippen molar-refractivity contribution in [3.8, 4) is 11.1 Å². The van der Waals surface area contributed by atoms with Gasteiger partial charge in [0.1, 0.15) is 11.9 Å². The zero-order chi connectivity index (χ0) is 27.9. The molecule has 0 aliphatic heterocycles. The molecule has 2 atom stereocenters. The van der Waals surface area contributed by atoms with Crippen molar-refractivity contribution >= 4 is 23.6 Å². The number of amides is 2. The largest absolute Gasteiger partial charge is 0.481 e. The Bertz CT molecular complexity index is 1170. The van der Waals surface area contributed by atoms with Gasteiger partial charge in [-0.1, -0.05) is 80.4 Å². The van der Waals surface area contributed by atoms with Crippen LogP contribution in [0.3, 0.4) is 0 Å². The number of nitrogens with zero attached hydrogens (tertiary/aromatic N) is 1. The summed E-state index contributed by atoms with van der Waals surface area (Å²) in [5.74, 6) is -0.775. The van der Waals surface area contributed by atoms with E-state index in [0.29, 0.717) is 31.4 Å². The van der Waals surface area contributed by atoms with Crippen LogP contribution in [0.4, 0.5) is 5.82 Å². The molecule has 0 radical (unpaired) electrons. The van der Waals surface area contributed by atoms with Crippen LogP contribution in [0.2, 0.25) is 0 Å². The maximum atomic E-state index is 13.2. The number of carbonyl (C=O) groups excluding carboxylic acids is 2. The predicted molar refractivity (Wildman–Crippen MR) is 153 cm³/mol. The minimum Gasteiger partial charge on any atom is -0.481 e. The summed E-state index contributed by atoms with van der Waals surface area (Å²) in [4.78, 5) is 41.7. The average Bonchev–Trinajstić information content (AvgIpc) is 2.95. The van der Waals surface area contributed by atoms with E-state index in [1.807, 2.05) is 79.7 Å². The summed E-state index contributed by atoms with van der Waals surface area (Å²) in [7, 11) is 0. The van der Waals surface area contributed by atoms with Crippen molar-refractivity contribution in [3.05, 3.63) is 84.6 Å². The van der Waals surface area contributed by atoms with Gasteiger partial charge in [0.05, 0.1) is 12.5 Å². The van der Waals surface area contributed by atoms with Gasteiger partial charge < -0.3 is 21.1 Å². The van der Waals surface area contributed by atoms with Gasteiger partial charge in [-0.2, -0.15) is 0 Å². The normalized spacial score (nSPS) is 12.2. The van der Waals surface area contributed by atoms with Gasteiger partial charge in [0.2, 0.25) is 11.8 Å². The number of carboxylic acid groups (broad SMARTS) is 1. The third-order valence-corrected chi connectivity index (χ3v) is 6.42. The van der Waals surface area contributed by atoms with E-state index in [2.05, 4.69) is 20.9 Å². The lowest BCUT2D eigenvalue weighted by atomic mass is 9.98. The highest BCUT2D eigenvalue weighted by atomic mass is 16.4. The highest BCUT2D eigenvalue weighted by molar-refractivity contribution is 5.88. The van der Waals surface area contributed by atoms with Gasteiger partial charge in [0.15, 0.2) is 0 Å². The number of hydrogen-bond donors (Lipinski definition) is 4. The number of anilines is 1. The van der Waals surface area contributed by atoms with Crippen molar-refractivity contribution in [2.24, 2.45) is 0 Å². The minimum absolute atomic E-state index is 0.189. The highest BCUT2D eigenvalue weighted by Gasteiger charge is 2.25. The summed E-state index contributed by atoms with van der Waals surface area (Å²) in [5, 5.41) is 18.5. The molecule has 0 bridgehead atoms. The van der Waals surface area contributed by atoms with Crippen molar-refractivity contribution < 1.29 is 19.5 Å². The number of carbonyl (C=O) groups is 3. The Kier molecular flexibility index (Phi) is 12.0. The lowest BCUT2D eigenvalue weighted by Crippen LogP contribution is -2.47. The van der Waals surface area contributed by atoms with Crippen LogP contribution in [-0.2, 0) is 14.4 Å². The first-order valence-corrected chi connectivity index (χ1v) is 13.6. The van der Waals surface area contributed by atoms with E-state index >= 15 is 0 Å². The van der Waals surface area contributed by atoms with E-state index in [0.717, 1.165) is 36.2 Å². The molecule has 39 heavy (non-hydrogen) atoms. The first-order valence-electron chi connectivity index (χ1n) is 13.6. The van der Waals surface area contributed by atoms with Crippen LogP contribution in [0.15, 0.2) is 79.0 Å². The molecule has 1 unspecified atom stereocenters. The Balaban J connectivity index is 1.56.